The number of hydrogen-bond donors (Lipinski definition) is 2. The van der Waals surface area contributed by atoms with E-state index in [-0.39, 0.29) is 16.0 Å². The minimum absolute atomic E-state index is 0.129. The van der Waals surface area contributed by atoms with Gasteiger partial charge in [-0.3, -0.25) is 9.48 Å². The zero-order chi connectivity index (χ0) is 14.9. The second-order valence-electron chi connectivity index (χ2n) is 4.15. The number of carbonyl (C=O) groups excluding carboxylic acids is 1. The minimum atomic E-state index is -0.393. The first-order valence-corrected chi connectivity index (χ1v) is 6.65. The third-order valence-corrected chi connectivity index (χ3v) is 3.23. The Balaban J connectivity index is 2.35. The topological polar surface area (TPSA) is 85.8 Å². The molecule has 2 heterocycles. The Labute approximate surface area is 125 Å². The normalized spacial score (nSPS) is 10.6. The SMILES string of the molecule is CCn1ncc(N)c1C(=O)Nc1c(C)cc(Cl)nc1Cl. The van der Waals surface area contributed by atoms with E-state index in [2.05, 4.69) is 15.4 Å². The molecule has 0 radical (unpaired) electrons. The van der Waals surface area contributed by atoms with Crippen molar-refractivity contribution in [3.05, 3.63) is 33.8 Å². The van der Waals surface area contributed by atoms with Crippen LogP contribution in [0.1, 0.15) is 23.0 Å². The van der Waals surface area contributed by atoms with E-state index in [9.17, 15) is 4.79 Å². The first kappa shape index (κ1) is 14.6. The molecule has 2 aromatic heterocycles. The zero-order valence-corrected chi connectivity index (χ0v) is 12.5. The summed E-state index contributed by atoms with van der Waals surface area (Å²) < 4.78 is 1.51. The van der Waals surface area contributed by atoms with Crippen LogP contribution in [0.4, 0.5) is 11.4 Å². The molecular weight excluding hydrogens is 301 g/mol. The Morgan fingerprint density at radius 2 is 2.20 bits per heavy atom. The van der Waals surface area contributed by atoms with Gasteiger partial charge in [-0.2, -0.15) is 5.10 Å². The summed E-state index contributed by atoms with van der Waals surface area (Å²) in [7, 11) is 0. The quantitative estimate of drug-likeness (QED) is 0.853. The van der Waals surface area contributed by atoms with Crippen LogP contribution in [-0.2, 0) is 6.54 Å². The number of amides is 1. The van der Waals surface area contributed by atoms with Crippen molar-refractivity contribution < 1.29 is 4.79 Å². The maximum atomic E-state index is 12.3. The van der Waals surface area contributed by atoms with Gasteiger partial charge in [0, 0.05) is 6.54 Å². The number of nitrogens with one attached hydrogen (secondary N) is 1. The van der Waals surface area contributed by atoms with Gasteiger partial charge in [-0.15, -0.1) is 0 Å². The van der Waals surface area contributed by atoms with Gasteiger partial charge in [0.25, 0.3) is 5.91 Å². The van der Waals surface area contributed by atoms with Gasteiger partial charge in [0.05, 0.1) is 17.6 Å². The summed E-state index contributed by atoms with van der Waals surface area (Å²) in [6.45, 7) is 4.17. The predicted octanol–water partition coefficient (Wildman–Crippen LogP) is 2.75. The molecule has 0 aliphatic rings. The second kappa shape index (κ2) is 5.68. The summed E-state index contributed by atoms with van der Waals surface area (Å²) in [4.78, 5) is 16.2. The first-order chi connectivity index (χ1) is 9.43. The van der Waals surface area contributed by atoms with Gasteiger partial charge in [0.2, 0.25) is 0 Å². The number of halogens is 2. The van der Waals surface area contributed by atoms with Crippen molar-refractivity contribution in [3.8, 4) is 0 Å². The lowest BCUT2D eigenvalue weighted by atomic mass is 10.2. The van der Waals surface area contributed by atoms with E-state index in [1.807, 2.05) is 6.92 Å². The van der Waals surface area contributed by atoms with E-state index in [1.54, 1.807) is 13.0 Å². The van der Waals surface area contributed by atoms with Crippen molar-refractivity contribution in [3.63, 3.8) is 0 Å². The standard InChI is InChI=1S/C12H13Cl2N5O/c1-3-19-10(7(15)5-16-19)12(20)18-9-6(2)4-8(13)17-11(9)14/h4-5H,3,15H2,1-2H3,(H,18,20). The van der Waals surface area contributed by atoms with E-state index in [4.69, 9.17) is 28.9 Å². The van der Waals surface area contributed by atoms with Crippen molar-refractivity contribution in [2.75, 3.05) is 11.1 Å². The number of hydrogen-bond acceptors (Lipinski definition) is 4. The molecule has 2 aromatic rings. The van der Waals surface area contributed by atoms with Gasteiger partial charge in [-0.25, -0.2) is 4.98 Å². The van der Waals surface area contributed by atoms with Crippen molar-refractivity contribution in [1.82, 2.24) is 14.8 Å². The molecular formula is C12H13Cl2N5O. The highest BCUT2D eigenvalue weighted by atomic mass is 35.5. The highest BCUT2D eigenvalue weighted by Crippen LogP contribution is 2.27. The number of aromatic nitrogens is 3. The summed E-state index contributed by atoms with van der Waals surface area (Å²) in [5, 5.41) is 7.10. The molecule has 8 heteroatoms. The van der Waals surface area contributed by atoms with Gasteiger partial charge in [0.1, 0.15) is 10.8 Å². The fraction of sp³-hybridized carbons (Fsp3) is 0.250. The number of nitrogens with zero attached hydrogens (tertiary/aromatic N) is 3. The van der Waals surface area contributed by atoms with Gasteiger partial charge < -0.3 is 11.1 Å². The third kappa shape index (κ3) is 2.71. The predicted molar refractivity (Wildman–Crippen MR) is 79.3 cm³/mol. The van der Waals surface area contributed by atoms with Crippen LogP contribution in [0.3, 0.4) is 0 Å². The van der Waals surface area contributed by atoms with Gasteiger partial charge in [0.15, 0.2) is 5.15 Å². The van der Waals surface area contributed by atoms with Crippen molar-refractivity contribution in [2.45, 2.75) is 20.4 Å². The lowest BCUT2D eigenvalue weighted by Gasteiger charge is -2.11. The highest BCUT2D eigenvalue weighted by Gasteiger charge is 2.18. The summed E-state index contributed by atoms with van der Waals surface area (Å²) in [6.07, 6.45) is 1.44. The minimum Gasteiger partial charge on any atom is -0.396 e. The number of pyridine rings is 1. The lowest BCUT2D eigenvalue weighted by Crippen LogP contribution is -2.19. The van der Waals surface area contributed by atoms with E-state index in [0.29, 0.717) is 23.5 Å². The Kier molecular flexibility index (Phi) is 4.15. The van der Waals surface area contributed by atoms with E-state index >= 15 is 0 Å². The summed E-state index contributed by atoms with van der Waals surface area (Å²) in [6, 6.07) is 1.61. The molecule has 0 saturated carbocycles. The lowest BCUT2D eigenvalue weighted by molar-refractivity contribution is 0.101. The molecule has 0 fully saturated rings. The zero-order valence-electron chi connectivity index (χ0n) is 10.9. The van der Waals surface area contributed by atoms with Crippen LogP contribution in [0.5, 0.6) is 0 Å². The summed E-state index contributed by atoms with van der Waals surface area (Å²) >= 11 is 11.8. The summed E-state index contributed by atoms with van der Waals surface area (Å²) in [5.41, 5.74) is 7.47. The van der Waals surface area contributed by atoms with Crippen LogP contribution >= 0.6 is 23.2 Å². The van der Waals surface area contributed by atoms with Crippen LogP contribution in [0.25, 0.3) is 0 Å². The molecule has 0 spiro atoms. The molecule has 0 saturated heterocycles. The monoisotopic (exact) mass is 313 g/mol. The fourth-order valence-corrected chi connectivity index (χ4v) is 2.39. The highest BCUT2D eigenvalue weighted by molar-refractivity contribution is 6.35. The molecule has 0 unspecified atom stereocenters. The van der Waals surface area contributed by atoms with Crippen molar-refractivity contribution in [1.29, 1.82) is 0 Å². The fourth-order valence-electron chi connectivity index (χ4n) is 1.81. The van der Waals surface area contributed by atoms with Crippen LogP contribution < -0.4 is 11.1 Å². The number of anilines is 2. The molecule has 0 aliphatic carbocycles. The number of carbonyl (C=O) groups is 1. The van der Waals surface area contributed by atoms with Gasteiger partial charge >= 0.3 is 0 Å². The number of nitrogens with two attached hydrogens (primary N) is 1. The van der Waals surface area contributed by atoms with E-state index < -0.39 is 5.91 Å². The molecule has 3 N–H and O–H groups in total. The molecule has 2 rings (SSSR count). The molecule has 1 amide bonds. The first-order valence-electron chi connectivity index (χ1n) is 5.89. The smallest absolute Gasteiger partial charge is 0.276 e. The Morgan fingerprint density at radius 1 is 1.50 bits per heavy atom. The second-order valence-corrected chi connectivity index (χ2v) is 4.89. The average Bonchev–Trinajstić information content (AvgIpc) is 2.74. The molecule has 0 atom stereocenters. The Bertz CT molecular complexity index is 645. The van der Waals surface area contributed by atoms with Gasteiger partial charge in [-0.05, 0) is 25.5 Å². The summed E-state index contributed by atoms with van der Waals surface area (Å²) in [5.74, 6) is -0.393. The van der Waals surface area contributed by atoms with E-state index in [0.717, 1.165) is 0 Å². The largest absolute Gasteiger partial charge is 0.396 e. The molecule has 0 aliphatic heterocycles. The Morgan fingerprint density at radius 3 is 2.80 bits per heavy atom. The van der Waals surface area contributed by atoms with Crippen LogP contribution in [-0.4, -0.2) is 20.7 Å². The van der Waals surface area contributed by atoms with Crippen molar-refractivity contribution >= 4 is 40.5 Å². The van der Waals surface area contributed by atoms with Crippen LogP contribution in [0.2, 0.25) is 10.3 Å². The van der Waals surface area contributed by atoms with Crippen LogP contribution in [0.15, 0.2) is 12.3 Å². The number of nitrogen functional groups attached to an aromatic ring is 1. The maximum Gasteiger partial charge on any atom is 0.276 e. The average molecular weight is 314 g/mol. The number of rotatable bonds is 3. The van der Waals surface area contributed by atoms with Gasteiger partial charge in [-0.1, -0.05) is 23.2 Å². The molecule has 20 heavy (non-hydrogen) atoms. The number of aryl methyl sites for hydroxylation is 2. The molecule has 0 bridgehead atoms. The van der Waals surface area contributed by atoms with E-state index in [1.165, 1.54) is 10.9 Å². The maximum absolute atomic E-state index is 12.3. The van der Waals surface area contributed by atoms with Crippen LogP contribution in [0, 0.1) is 6.92 Å². The third-order valence-electron chi connectivity index (χ3n) is 2.76. The molecule has 106 valence electrons. The molecule has 0 aromatic carbocycles. The van der Waals surface area contributed by atoms with Crippen molar-refractivity contribution in [2.24, 2.45) is 0 Å². The Hall–Kier alpha value is -1.79. The molecule has 6 nitrogen and oxygen atoms in total.